The third-order valence-corrected chi connectivity index (χ3v) is 4.89. The van der Waals surface area contributed by atoms with E-state index in [0.29, 0.717) is 31.1 Å². The number of hydrogen-bond donors (Lipinski definition) is 2. The van der Waals surface area contributed by atoms with Crippen LogP contribution in [0.3, 0.4) is 0 Å². The van der Waals surface area contributed by atoms with E-state index in [4.69, 9.17) is 11.6 Å². The van der Waals surface area contributed by atoms with E-state index in [-0.39, 0.29) is 17.9 Å². The van der Waals surface area contributed by atoms with Gasteiger partial charge in [-0.3, -0.25) is 4.79 Å². The van der Waals surface area contributed by atoms with Gasteiger partial charge in [0.25, 0.3) is 0 Å². The molecule has 1 aliphatic heterocycles. The Balaban J connectivity index is 1.39. The number of hydrogen-bond acceptors (Lipinski definition) is 3. The molecule has 140 valence electrons. The summed E-state index contributed by atoms with van der Waals surface area (Å²) in [6.45, 7) is 1.88. The molecule has 1 aromatic carbocycles. The lowest BCUT2D eigenvalue weighted by atomic mass is 10.1. The number of aromatic amines is 1. The Hall–Kier alpha value is -2.28. The summed E-state index contributed by atoms with van der Waals surface area (Å²) in [5.74, 6) is 1.25. The first kappa shape index (κ1) is 18.5. The molecule has 0 radical (unpaired) electrons. The van der Waals surface area contributed by atoms with Crippen LogP contribution in [0.5, 0.6) is 0 Å². The second-order valence-corrected chi connectivity index (χ2v) is 7.34. The number of H-pyrrole nitrogens is 1. The molecule has 0 saturated carbocycles. The summed E-state index contributed by atoms with van der Waals surface area (Å²) in [6, 6.07) is 5.46. The molecule has 3 amide bonds. The highest BCUT2D eigenvalue weighted by atomic mass is 35.5. The van der Waals surface area contributed by atoms with Gasteiger partial charge < -0.3 is 20.1 Å². The summed E-state index contributed by atoms with van der Waals surface area (Å²) in [5, 5.41) is 3.60. The molecule has 3 rings (SSSR count). The van der Waals surface area contributed by atoms with Crippen molar-refractivity contribution in [2.75, 3.05) is 33.7 Å². The first-order valence-electron chi connectivity index (χ1n) is 8.79. The van der Waals surface area contributed by atoms with Crippen molar-refractivity contribution in [2.24, 2.45) is 5.92 Å². The lowest BCUT2D eigenvalue weighted by Gasteiger charge is -2.21. The SMILES string of the molecule is CN1CC(CN(C)C(=O)NCCCc2nc3ccc(Cl)cc3[nH]2)CC1=O. The second kappa shape index (κ2) is 7.95. The van der Waals surface area contributed by atoms with Crippen LogP contribution in [0.2, 0.25) is 5.02 Å². The topological polar surface area (TPSA) is 81.3 Å². The number of nitrogens with zero attached hydrogens (tertiary/aromatic N) is 3. The van der Waals surface area contributed by atoms with Crippen molar-refractivity contribution < 1.29 is 9.59 Å². The zero-order valence-corrected chi connectivity index (χ0v) is 15.8. The zero-order valence-electron chi connectivity index (χ0n) is 15.1. The summed E-state index contributed by atoms with van der Waals surface area (Å²) in [7, 11) is 3.57. The predicted octanol–water partition coefficient (Wildman–Crippen LogP) is 2.27. The number of carbonyl (C=O) groups excluding carboxylic acids is 2. The van der Waals surface area contributed by atoms with Gasteiger partial charge in [-0.15, -0.1) is 0 Å². The minimum atomic E-state index is -0.108. The van der Waals surface area contributed by atoms with E-state index in [1.807, 2.05) is 18.2 Å². The van der Waals surface area contributed by atoms with Gasteiger partial charge in [0.15, 0.2) is 0 Å². The van der Waals surface area contributed by atoms with Crippen molar-refractivity contribution in [3.05, 3.63) is 29.0 Å². The smallest absolute Gasteiger partial charge is 0.317 e. The molecule has 2 aromatic rings. The van der Waals surface area contributed by atoms with Gasteiger partial charge in [0.05, 0.1) is 11.0 Å². The van der Waals surface area contributed by atoms with Gasteiger partial charge in [0.1, 0.15) is 5.82 Å². The summed E-state index contributed by atoms with van der Waals surface area (Å²) >= 11 is 5.97. The zero-order chi connectivity index (χ0) is 18.7. The van der Waals surface area contributed by atoms with Gasteiger partial charge in [-0.25, -0.2) is 9.78 Å². The van der Waals surface area contributed by atoms with Crippen molar-refractivity contribution >= 4 is 34.6 Å². The molecule has 1 aromatic heterocycles. The monoisotopic (exact) mass is 377 g/mol. The first-order valence-corrected chi connectivity index (χ1v) is 9.17. The molecule has 2 N–H and O–H groups in total. The quantitative estimate of drug-likeness (QED) is 0.758. The van der Waals surface area contributed by atoms with Crippen molar-refractivity contribution in [2.45, 2.75) is 19.3 Å². The highest BCUT2D eigenvalue weighted by Gasteiger charge is 2.28. The number of rotatable bonds is 6. The number of fused-ring (bicyclic) bond motifs is 1. The van der Waals surface area contributed by atoms with Crippen LogP contribution in [0.25, 0.3) is 11.0 Å². The van der Waals surface area contributed by atoms with Gasteiger partial charge in [0.2, 0.25) is 5.91 Å². The average molecular weight is 378 g/mol. The molecule has 0 aliphatic carbocycles. The fourth-order valence-corrected chi connectivity index (χ4v) is 3.46. The van der Waals surface area contributed by atoms with Crippen molar-refractivity contribution in [3.8, 4) is 0 Å². The lowest BCUT2D eigenvalue weighted by Crippen LogP contribution is -2.40. The number of benzene rings is 1. The van der Waals surface area contributed by atoms with Crippen molar-refractivity contribution in [1.82, 2.24) is 25.1 Å². The summed E-state index contributed by atoms with van der Waals surface area (Å²) in [4.78, 5) is 34.9. The highest BCUT2D eigenvalue weighted by molar-refractivity contribution is 6.31. The molecular formula is C18H24ClN5O2. The maximum Gasteiger partial charge on any atom is 0.317 e. The molecular weight excluding hydrogens is 354 g/mol. The van der Waals surface area contributed by atoms with Gasteiger partial charge in [-0.2, -0.15) is 0 Å². The molecule has 7 nitrogen and oxygen atoms in total. The first-order chi connectivity index (χ1) is 12.4. The van der Waals surface area contributed by atoms with Crippen LogP contribution in [0, 0.1) is 5.92 Å². The van der Waals surface area contributed by atoms with Crippen molar-refractivity contribution in [3.63, 3.8) is 0 Å². The number of nitrogens with one attached hydrogen (secondary N) is 2. The van der Waals surface area contributed by atoms with Crippen LogP contribution in [0.4, 0.5) is 4.79 Å². The Labute approximate surface area is 157 Å². The van der Waals surface area contributed by atoms with Crippen LogP contribution >= 0.6 is 11.6 Å². The number of likely N-dealkylation sites (tertiary alicyclic amines) is 1. The summed E-state index contributed by atoms with van der Waals surface area (Å²) in [5.41, 5.74) is 1.82. The van der Waals surface area contributed by atoms with E-state index >= 15 is 0 Å². The van der Waals surface area contributed by atoms with Gasteiger partial charge in [-0.1, -0.05) is 11.6 Å². The number of carbonyl (C=O) groups is 2. The number of urea groups is 1. The minimum Gasteiger partial charge on any atom is -0.345 e. The number of imidazole rings is 1. The van der Waals surface area contributed by atoms with Crippen LogP contribution in [-0.2, 0) is 11.2 Å². The van der Waals surface area contributed by atoms with Gasteiger partial charge in [0, 0.05) is 57.5 Å². The molecule has 1 fully saturated rings. The van der Waals surface area contributed by atoms with E-state index < -0.39 is 0 Å². The van der Waals surface area contributed by atoms with E-state index in [2.05, 4.69) is 15.3 Å². The fourth-order valence-electron chi connectivity index (χ4n) is 3.29. The standard InChI is InChI=1S/C18H24ClN5O2/c1-23-10-12(8-17(23)25)11-24(2)18(26)20-7-3-4-16-21-14-6-5-13(19)9-15(14)22-16/h5-6,9,12H,3-4,7-8,10-11H2,1-2H3,(H,20,26)(H,21,22). The highest BCUT2D eigenvalue weighted by Crippen LogP contribution is 2.18. The largest absolute Gasteiger partial charge is 0.345 e. The van der Waals surface area contributed by atoms with E-state index in [1.165, 1.54) is 0 Å². The molecule has 1 aliphatic rings. The van der Waals surface area contributed by atoms with Crippen LogP contribution in [0.15, 0.2) is 18.2 Å². The summed E-state index contributed by atoms with van der Waals surface area (Å²) < 4.78 is 0. The molecule has 1 saturated heterocycles. The number of amides is 3. The molecule has 26 heavy (non-hydrogen) atoms. The third-order valence-electron chi connectivity index (χ3n) is 4.66. The Bertz CT molecular complexity index is 806. The molecule has 0 spiro atoms. The van der Waals surface area contributed by atoms with Crippen molar-refractivity contribution in [1.29, 1.82) is 0 Å². The van der Waals surface area contributed by atoms with E-state index in [1.54, 1.807) is 23.9 Å². The normalized spacial score (nSPS) is 17.1. The van der Waals surface area contributed by atoms with Crippen LogP contribution < -0.4 is 5.32 Å². The second-order valence-electron chi connectivity index (χ2n) is 6.91. The molecule has 1 atom stereocenters. The minimum absolute atomic E-state index is 0.108. The summed E-state index contributed by atoms with van der Waals surface area (Å²) in [6.07, 6.45) is 2.06. The number of aromatic nitrogens is 2. The Morgan fingerprint density at radius 2 is 2.31 bits per heavy atom. The molecule has 2 heterocycles. The van der Waals surface area contributed by atoms with Gasteiger partial charge >= 0.3 is 6.03 Å². The molecule has 1 unspecified atom stereocenters. The Morgan fingerprint density at radius 1 is 1.50 bits per heavy atom. The van der Waals surface area contributed by atoms with Crippen LogP contribution in [0.1, 0.15) is 18.7 Å². The third kappa shape index (κ3) is 4.46. The maximum absolute atomic E-state index is 12.2. The number of aryl methyl sites for hydroxylation is 1. The van der Waals surface area contributed by atoms with Gasteiger partial charge in [-0.05, 0) is 24.6 Å². The molecule has 0 bridgehead atoms. The predicted molar refractivity (Wildman–Crippen MR) is 101 cm³/mol. The Kier molecular flexibility index (Phi) is 5.66. The van der Waals surface area contributed by atoms with E-state index in [0.717, 1.165) is 29.7 Å². The Morgan fingerprint density at radius 3 is 3.04 bits per heavy atom. The van der Waals surface area contributed by atoms with Crippen LogP contribution in [-0.4, -0.2) is 65.4 Å². The maximum atomic E-state index is 12.2. The fraction of sp³-hybridized carbons (Fsp3) is 0.500. The van der Waals surface area contributed by atoms with E-state index in [9.17, 15) is 9.59 Å². The molecule has 8 heteroatoms. The lowest BCUT2D eigenvalue weighted by molar-refractivity contribution is -0.126. The average Bonchev–Trinajstić information content (AvgIpc) is 3.13. The number of halogens is 1.